The van der Waals surface area contributed by atoms with Crippen LogP contribution >= 0.6 is 11.5 Å². The first-order valence-electron chi connectivity index (χ1n) is 5.66. The van der Waals surface area contributed by atoms with E-state index in [0.717, 1.165) is 0 Å². The van der Waals surface area contributed by atoms with Gasteiger partial charge in [0.05, 0.1) is 12.3 Å². The summed E-state index contributed by atoms with van der Waals surface area (Å²) in [6.45, 7) is 6.30. The Morgan fingerprint density at radius 1 is 1.61 bits per heavy atom. The summed E-state index contributed by atoms with van der Waals surface area (Å²) in [5.41, 5.74) is 1.14. The van der Waals surface area contributed by atoms with E-state index in [4.69, 9.17) is 4.74 Å². The van der Waals surface area contributed by atoms with Gasteiger partial charge in [0.25, 0.3) is 0 Å². The number of anilines is 1. The van der Waals surface area contributed by atoms with Crippen LogP contribution in [0.25, 0.3) is 0 Å². The van der Waals surface area contributed by atoms with Gasteiger partial charge >= 0.3 is 5.97 Å². The fourth-order valence-electron chi connectivity index (χ4n) is 1.29. The van der Waals surface area contributed by atoms with Gasteiger partial charge in [-0.15, -0.1) is 0 Å². The molecule has 0 amide bonds. The first-order chi connectivity index (χ1) is 8.47. The second-order valence-electron chi connectivity index (χ2n) is 3.88. The molecule has 1 N–H and O–H groups in total. The summed E-state index contributed by atoms with van der Waals surface area (Å²) >= 11 is 1.22. The molecule has 2 atom stereocenters. The Hall–Kier alpha value is -0.950. The Morgan fingerprint density at radius 3 is 2.83 bits per heavy atom. The number of esters is 1. The molecule has 2 unspecified atom stereocenters. The molecule has 7 heteroatoms. The lowest BCUT2D eigenvalue weighted by Crippen LogP contribution is -2.21. The molecule has 0 aliphatic heterocycles. The van der Waals surface area contributed by atoms with Crippen molar-refractivity contribution in [2.75, 3.05) is 24.7 Å². The molecule has 1 heterocycles. The van der Waals surface area contributed by atoms with E-state index >= 15 is 0 Å². The quantitative estimate of drug-likeness (QED) is 0.809. The van der Waals surface area contributed by atoms with Gasteiger partial charge in [-0.3, -0.25) is 4.21 Å². The number of ether oxygens (including phenoxy) is 1. The molecular formula is C11H18N2O3S2. The fraction of sp³-hybridized carbons (Fsp3) is 0.636. The lowest BCUT2D eigenvalue weighted by Gasteiger charge is -2.10. The van der Waals surface area contributed by atoms with Gasteiger partial charge in [-0.1, -0.05) is 0 Å². The Balaban J connectivity index is 2.78. The van der Waals surface area contributed by atoms with Gasteiger partial charge in [0, 0.05) is 28.9 Å². The SMILES string of the molecule is CCOC(=O)c1c(C)nsc1NCC(C)S(C)=O. The molecular weight excluding hydrogens is 272 g/mol. The summed E-state index contributed by atoms with van der Waals surface area (Å²) in [4.78, 5) is 11.8. The van der Waals surface area contributed by atoms with Crippen LogP contribution in [-0.2, 0) is 15.5 Å². The van der Waals surface area contributed by atoms with Crippen molar-refractivity contribution < 1.29 is 13.7 Å². The molecule has 0 radical (unpaired) electrons. The van der Waals surface area contributed by atoms with Gasteiger partial charge < -0.3 is 10.1 Å². The van der Waals surface area contributed by atoms with Gasteiger partial charge in [-0.25, -0.2) is 4.79 Å². The Morgan fingerprint density at radius 2 is 2.28 bits per heavy atom. The third-order valence-electron chi connectivity index (χ3n) is 2.46. The first-order valence-corrected chi connectivity index (χ1v) is 8.06. The molecule has 5 nitrogen and oxygen atoms in total. The minimum atomic E-state index is -0.892. The lowest BCUT2D eigenvalue weighted by atomic mass is 10.2. The van der Waals surface area contributed by atoms with Crippen LogP contribution in [0, 0.1) is 6.92 Å². The predicted molar refractivity (Wildman–Crippen MR) is 74.8 cm³/mol. The number of hydrogen-bond donors (Lipinski definition) is 1. The number of nitrogens with one attached hydrogen (secondary N) is 1. The van der Waals surface area contributed by atoms with Crippen molar-refractivity contribution in [1.82, 2.24) is 4.37 Å². The maximum absolute atomic E-state index is 11.8. The van der Waals surface area contributed by atoms with Crippen LogP contribution in [-0.4, -0.2) is 39.2 Å². The van der Waals surface area contributed by atoms with E-state index in [1.54, 1.807) is 20.1 Å². The maximum atomic E-state index is 11.8. The zero-order valence-corrected chi connectivity index (χ0v) is 12.6. The van der Waals surface area contributed by atoms with Crippen LogP contribution < -0.4 is 5.32 Å². The molecule has 0 saturated heterocycles. The fourth-order valence-corrected chi connectivity index (χ4v) is 2.40. The van der Waals surface area contributed by atoms with Crippen molar-refractivity contribution >= 4 is 33.3 Å². The molecule has 1 rings (SSSR count). The third-order valence-corrected chi connectivity index (χ3v) is 4.66. The Bertz CT molecular complexity index is 445. The molecule has 0 saturated carbocycles. The minimum absolute atomic E-state index is 0.0162. The zero-order valence-electron chi connectivity index (χ0n) is 11.0. The highest BCUT2D eigenvalue weighted by atomic mass is 32.2. The maximum Gasteiger partial charge on any atom is 0.343 e. The van der Waals surface area contributed by atoms with Crippen LogP contribution in [0.15, 0.2) is 0 Å². The number of carbonyl (C=O) groups excluding carboxylic acids is 1. The molecule has 0 fully saturated rings. The summed E-state index contributed by atoms with van der Waals surface area (Å²) < 4.78 is 20.4. The number of nitrogens with zero attached hydrogens (tertiary/aromatic N) is 1. The summed E-state index contributed by atoms with van der Waals surface area (Å²) in [7, 11) is -0.892. The van der Waals surface area contributed by atoms with Crippen LogP contribution in [0.2, 0.25) is 0 Å². The molecule has 102 valence electrons. The van der Waals surface area contributed by atoms with E-state index in [1.165, 1.54) is 11.5 Å². The minimum Gasteiger partial charge on any atom is -0.462 e. The van der Waals surface area contributed by atoms with E-state index in [-0.39, 0.29) is 11.2 Å². The molecule has 0 aromatic carbocycles. The van der Waals surface area contributed by atoms with Gasteiger partial charge in [-0.2, -0.15) is 4.37 Å². The average Bonchev–Trinajstić information content (AvgIpc) is 2.67. The number of aromatic nitrogens is 1. The van der Waals surface area contributed by atoms with E-state index < -0.39 is 10.8 Å². The largest absolute Gasteiger partial charge is 0.462 e. The first kappa shape index (κ1) is 15.1. The average molecular weight is 290 g/mol. The monoisotopic (exact) mass is 290 g/mol. The number of aryl methyl sites for hydroxylation is 1. The van der Waals surface area contributed by atoms with Crippen molar-refractivity contribution in [3.63, 3.8) is 0 Å². The standard InChI is InChI=1S/C11H18N2O3S2/c1-5-16-11(14)9-8(3)13-17-10(9)12-6-7(2)18(4)15/h7,12H,5-6H2,1-4H3. The van der Waals surface area contributed by atoms with Crippen LogP contribution in [0.4, 0.5) is 5.00 Å². The van der Waals surface area contributed by atoms with Crippen molar-refractivity contribution in [1.29, 1.82) is 0 Å². The molecule has 0 aliphatic carbocycles. The summed E-state index contributed by atoms with van der Waals surface area (Å²) in [5.74, 6) is -0.364. The van der Waals surface area contributed by atoms with Crippen LogP contribution in [0.5, 0.6) is 0 Å². The lowest BCUT2D eigenvalue weighted by molar-refractivity contribution is 0.0527. The highest BCUT2D eigenvalue weighted by Gasteiger charge is 2.20. The molecule has 18 heavy (non-hydrogen) atoms. The van der Waals surface area contributed by atoms with E-state index in [0.29, 0.717) is 29.4 Å². The van der Waals surface area contributed by atoms with E-state index in [2.05, 4.69) is 9.69 Å². The van der Waals surface area contributed by atoms with E-state index in [9.17, 15) is 9.00 Å². The summed E-state index contributed by atoms with van der Waals surface area (Å²) in [5, 5.41) is 3.82. The topological polar surface area (TPSA) is 68.3 Å². The van der Waals surface area contributed by atoms with Crippen molar-refractivity contribution in [2.45, 2.75) is 26.0 Å². The molecule has 0 aliphatic rings. The highest BCUT2D eigenvalue weighted by molar-refractivity contribution is 7.84. The van der Waals surface area contributed by atoms with Crippen molar-refractivity contribution in [3.05, 3.63) is 11.3 Å². The second-order valence-corrected chi connectivity index (χ2v) is 6.46. The number of carbonyl (C=O) groups is 1. The number of rotatable bonds is 6. The van der Waals surface area contributed by atoms with Gasteiger partial charge in [0.1, 0.15) is 10.6 Å². The molecule has 0 bridgehead atoms. The third kappa shape index (κ3) is 3.78. The van der Waals surface area contributed by atoms with Gasteiger partial charge in [0.15, 0.2) is 0 Å². The number of hydrogen-bond acceptors (Lipinski definition) is 6. The predicted octanol–water partition coefficient (Wildman–Crippen LogP) is 1.81. The molecule has 1 aromatic heterocycles. The second kappa shape index (κ2) is 6.84. The van der Waals surface area contributed by atoms with Gasteiger partial charge in [0.2, 0.25) is 0 Å². The smallest absolute Gasteiger partial charge is 0.343 e. The normalized spacial score (nSPS) is 14.0. The molecule has 0 spiro atoms. The summed E-state index contributed by atoms with van der Waals surface area (Å²) in [6, 6.07) is 0. The summed E-state index contributed by atoms with van der Waals surface area (Å²) in [6.07, 6.45) is 1.66. The van der Waals surface area contributed by atoms with Gasteiger partial charge in [-0.05, 0) is 32.3 Å². The molecule has 1 aromatic rings. The van der Waals surface area contributed by atoms with Crippen LogP contribution in [0.3, 0.4) is 0 Å². The Kier molecular flexibility index (Phi) is 5.74. The highest BCUT2D eigenvalue weighted by Crippen LogP contribution is 2.25. The Labute approximate surface area is 114 Å². The van der Waals surface area contributed by atoms with Crippen molar-refractivity contribution in [3.8, 4) is 0 Å². The van der Waals surface area contributed by atoms with Crippen molar-refractivity contribution in [2.24, 2.45) is 0 Å². The van der Waals surface area contributed by atoms with Crippen LogP contribution in [0.1, 0.15) is 29.9 Å². The zero-order chi connectivity index (χ0) is 13.7. The van der Waals surface area contributed by atoms with E-state index in [1.807, 2.05) is 6.92 Å².